The molecule has 2 rings (SSSR count). The van der Waals surface area contributed by atoms with Gasteiger partial charge in [0.2, 0.25) is 5.91 Å². The first-order valence-corrected chi connectivity index (χ1v) is 7.92. The Balaban J connectivity index is 1.95. The summed E-state index contributed by atoms with van der Waals surface area (Å²) in [5, 5.41) is 0. The predicted octanol–water partition coefficient (Wildman–Crippen LogP) is 2.42. The second kappa shape index (κ2) is 8.36. The summed E-state index contributed by atoms with van der Waals surface area (Å²) in [6.07, 6.45) is 2.16. The fourth-order valence-electron chi connectivity index (χ4n) is 2.91. The van der Waals surface area contributed by atoms with Gasteiger partial charge in [-0.1, -0.05) is 6.07 Å². The van der Waals surface area contributed by atoms with Gasteiger partial charge in [0.25, 0.3) is 0 Å². The summed E-state index contributed by atoms with van der Waals surface area (Å²) in [5.74, 6) is -1.67. The average molecular weight is 326 g/mol. The number of rotatable bonds is 6. The molecule has 1 aliphatic heterocycles. The van der Waals surface area contributed by atoms with E-state index in [0.717, 1.165) is 31.5 Å². The molecule has 1 fully saturated rings. The van der Waals surface area contributed by atoms with Crippen molar-refractivity contribution in [3.63, 3.8) is 0 Å². The Labute approximate surface area is 136 Å². The SMILES string of the molecule is COCCN(C)C1CCC(=O)N(Cc2ccc(F)c(F)c2)CC1. The Hall–Kier alpha value is -1.53. The van der Waals surface area contributed by atoms with Crippen molar-refractivity contribution >= 4 is 5.91 Å². The molecule has 1 saturated heterocycles. The molecule has 0 spiro atoms. The zero-order chi connectivity index (χ0) is 16.8. The highest BCUT2D eigenvalue weighted by Crippen LogP contribution is 2.19. The third-order valence-electron chi connectivity index (χ3n) is 4.41. The van der Waals surface area contributed by atoms with Crippen LogP contribution < -0.4 is 0 Å². The molecular formula is C17H24F2N2O2. The zero-order valence-corrected chi connectivity index (χ0v) is 13.7. The minimum absolute atomic E-state index is 0.0670. The molecule has 1 heterocycles. The molecule has 128 valence electrons. The van der Waals surface area contributed by atoms with Crippen LogP contribution in [0.15, 0.2) is 18.2 Å². The van der Waals surface area contributed by atoms with Crippen LogP contribution in [0.25, 0.3) is 0 Å². The van der Waals surface area contributed by atoms with Crippen LogP contribution >= 0.6 is 0 Å². The lowest BCUT2D eigenvalue weighted by molar-refractivity contribution is -0.131. The second-order valence-corrected chi connectivity index (χ2v) is 6.02. The molecule has 1 amide bonds. The van der Waals surface area contributed by atoms with Gasteiger partial charge in [0.15, 0.2) is 11.6 Å². The first-order valence-electron chi connectivity index (χ1n) is 7.92. The molecule has 0 radical (unpaired) electrons. The lowest BCUT2D eigenvalue weighted by Crippen LogP contribution is -2.35. The maximum atomic E-state index is 13.3. The summed E-state index contributed by atoms with van der Waals surface area (Å²) in [4.78, 5) is 16.2. The van der Waals surface area contributed by atoms with Gasteiger partial charge in [-0.3, -0.25) is 4.79 Å². The van der Waals surface area contributed by atoms with Crippen molar-refractivity contribution in [2.45, 2.75) is 31.8 Å². The summed E-state index contributed by atoms with van der Waals surface area (Å²) in [6, 6.07) is 4.13. The number of amides is 1. The molecule has 6 heteroatoms. The Morgan fingerprint density at radius 3 is 2.78 bits per heavy atom. The molecule has 0 saturated carbocycles. The minimum Gasteiger partial charge on any atom is -0.383 e. The summed E-state index contributed by atoms with van der Waals surface area (Å²) in [6.45, 7) is 2.45. The Morgan fingerprint density at radius 1 is 1.30 bits per heavy atom. The first kappa shape index (κ1) is 17.8. The number of methoxy groups -OCH3 is 1. The van der Waals surface area contributed by atoms with Crippen LogP contribution in [0.5, 0.6) is 0 Å². The summed E-state index contributed by atoms with van der Waals surface area (Å²) < 4.78 is 31.4. The lowest BCUT2D eigenvalue weighted by atomic mass is 10.1. The van der Waals surface area contributed by atoms with Crippen molar-refractivity contribution in [1.29, 1.82) is 0 Å². The van der Waals surface area contributed by atoms with E-state index >= 15 is 0 Å². The van der Waals surface area contributed by atoms with Gasteiger partial charge in [-0.25, -0.2) is 8.78 Å². The van der Waals surface area contributed by atoms with E-state index in [4.69, 9.17) is 4.74 Å². The standard InChI is InChI=1S/C17H24F2N2O2/c1-20(9-10-23-2)14-4-6-17(22)21(8-7-14)12-13-3-5-15(18)16(19)11-13/h3,5,11,14H,4,6-10,12H2,1-2H3. The fourth-order valence-corrected chi connectivity index (χ4v) is 2.91. The van der Waals surface area contributed by atoms with Gasteiger partial charge < -0.3 is 14.5 Å². The Bertz CT molecular complexity index is 539. The van der Waals surface area contributed by atoms with E-state index in [1.165, 1.54) is 6.07 Å². The number of likely N-dealkylation sites (N-methyl/N-ethyl adjacent to an activating group) is 1. The van der Waals surface area contributed by atoms with E-state index < -0.39 is 11.6 Å². The third kappa shape index (κ3) is 4.97. The lowest BCUT2D eigenvalue weighted by Gasteiger charge is -2.26. The fraction of sp³-hybridized carbons (Fsp3) is 0.588. The number of likely N-dealkylation sites (tertiary alicyclic amines) is 1. The predicted molar refractivity (Wildman–Crippen MR) is 83.9 cm³/mol. The molecule has 0 aromatic heterocycles. The third-order valence-corrected chi connectivity index (χ3v) is 4.41. The van der Waals surface area contributed by atoms with Gasteiger partial charge in [-0.05, 0) is 37.6 Å². The summed E-state index contributed by atoms with van der Waals surface area (Å²) >= 11 is 0. The topological polar surface area (TPSA) is 32.8 Å². The number of hydrogen-bond acceptors (Lipinski definition) is 3. The zero-order valence-electron chi connectivity index (χ0n) is 13.7. The largest absolute Gasteiger partial charge is 0.383 e. The number of halogens is 2. The van der Waals surface area contributed by atoms with Gasteiger partial charge in [0.1, 0.15) is 0 Å². The monoisotopic (exact) mass is 326 g/mol. The molecule has 1 unspecified atom stereocenters. The molecule has 1 atom stereocenters. The highest BCUT2D eigenvalue weighted by molar-refractivity contribution is 5.76. The van der Waals surface area contributed by atoms with Gasteiger partial charge in [0.05, 0.1) is 6.61 Å². The van der Waals surface area contributed by atoms with Crippen LogP contribution in [0.1, 0.15) is 24.8 Å². The van der Waals surface area contributed by atoms with Crippen LogP contribution in [-0.2, 0) is 16.1 Å². The highest BCUT2D eigenvalue weighted by Gasteiger charge is 2.24. The molecular weight excluding hydrogens is 302 g/mol. The maximum Gasteiger partial charge on any atom is 0.222 e. The van der Waals surface area contributed by atoms with Gasteiger partial charge in [-0.2, -0.15) is 0 Å². The smallest absolute Gasteiger partial charge is 0.222 e. The molecule has 1 aromatic rings. The minimum atomic E-state index is -0.873. The van der Waals surface area contributed by atoms with Crippen LogP contribution in [0.4, 0.5) is 8.78 Å². The molecule has 1 aromatic carbocycles. The number of carbonyl (C=O) groups is 1. The molecule has 4 nitrogen and oxygen atoms in total. The van der Waals surface area contributed by atoms with E-state index in [1.54, 1.807) is 12.0 Å². The average Bonchev–Trinajstić information content (AvgIpc) is 2.71. The number of hydrogen-bond donors (Lipinski definition) is 0. The van der Waals surface area contributed by atoms with E-state index in [1.807, 2.05) is 7.05 Å². The van der Waals surface area contributed by atoms with Crippen molar-refractivity contribution in [1.82, 2.24) is 9.80 Å². The van der Waals surface area contributed by atoms with Gasteiger partial charge in [-0.15, -0.1) is 0 Å². The summed E-state index contributed by atoms with van der Waals surface area (Å²) in [7, 11) is 3.72. The highest BCUT2D eigenvalue weighted by atomic mass is 19.2. The number of ether oxygens (including phenoxy) is 1. The van der Waals surface area contributed by atoms with Crippen LogP contribution in [0.2, 0.25) is 0 Å². The molecule has 23 heavy (non-hydrogen) atoms. The number of nitrogens with zero attached hydrogens (tertiary/aromatic N) is 2. The van der Waals surface area contributed by atoms with Crippen LogP contribution in [0, 0.1) is 11.6 Å². The quantitative estimate of drug-likeness (QED) is 0.805. The maximum absolute atomic E-state index is 13.3. The summed E-state index contributed by atoms with van der Waals surface area (Å²) in [5.41, 5.74) is 0.614. The number of benzene rings is 1. The molecule has 1 aliphatic rings. The van der Waals surface area contributed by atoms with Gasteiger partial charge in [0, 0.05) is 39.2 Å². The van der Waals surface area contributed by atoms with E-state index in [0.29, 0.717) is 37.7 Å². The number of carbonyl (C=O) groups excluding carboxylic acids is 1. The molecule has 0 N–H and O–H groups in total. The van der Waals surface area contributed by atoms with Crippen molar-refractivity contribution in [3.05, 3.63) is 35.4 Å². The van der Waals surface area contributed by atoms with Crippen LogP contribution in [0.3, 0.4) is 0 Å². The normalized spacial score (nSPS) is 19.3. The Kier molecular flexibility index (Phi) is 6.47. The van der Waals surface area contributed by atoms with Crippen LogP contribution in [-0.4, -0.2) is 55.6 Å². The Morgan fingerprint density at radius 2 is 2.09 bits per heavy atom. The van der Waals surface area contributed by atoms with Crippen molar-refractivity contribution in [2.75, 3.05) is 33.9 Å². The van der Waals surface area contributed by atoms with Crippen molar-refractivity contribution < 1.29 is 18.3 Å². The van der Waals surface area contributed by atoms with E-state index in [-0.39, 0.29) is 5.91 Å². The first-order chi connectivity index (χ1) is 11.0. The van der Waals surface area contributed by atoms with Crippen molar-refractivity contribution in [3.8, 4) is 0 Å². The molecule has 0 bridgehead atoms. The van der Waals surface area contributed by atoms with Crippen molar-refractivity contribution in [2.24, 2.45) is 0 Å². The van der Waals surface area contributed by atoms with E-state index in [2.05, 4.69) is 4.90 Å². The molecule has 0 aliphatic carbocycles. The second-order valence-electron chi connectivity index (χ2n) is 6.02. The van der Waals surface area contributed by atoms with E-state index in [9.17, 15) is 13.6 Å². The van der Waals surface area contributed by atoms with Gasteiger partial charge >= 0.3 is 0 Å².